The standard InChI is InChI=1S/C20H26N2O3S/c1-24-17-4-6-18(7-5-17)25-15-20(23)21-10-13-22-11-8-16(9-12-22)19-3-2-14-26-19/h2-7,14,16H,8-13,15H2,1H3,(H,21,23). The van der Waals surface area contributed by atoms with Crippen molar-refractivity contribution in [2.24, 2.45) is 0 Å². The summed E-state index contributed by atoms with van der Waals surface area (Å²) in [7, 11) is 1.62. The monoisotopic (exact) mass is 374 g/mol. The van der Waals surface area contributed by atoms with Crippen LogP contribution in [0.25, 0.3) is 0 Å². The first-order chi connectivity index (χ1) is 12.7. The first kappa shape index (κ1) is 18.7. The number of thiophene rings is 1. The summed E-state index contributed by atoms with van der Waals surface area (Å²) >= 11 is 1.86. The zero-order valence-corrected chi connectivity index (χ0v) is 16.0. The van der Waals surface area contributed by atoms with Crippen LogP contribution in [0.3, 0.4) is 0 Å². The largest absolute Gasteiger partial charge is 0.497 e. The Kier molecular flexibility index (Phi) is 6.91. The summed E-state index contributed by atoms with van der Waals surface area (Å²) in [6.07, 6.45) is 2.41. The molecule has 1 aliphatic heterocycles. The van der Waals surface area contributed by atoms with Crippen molar-refractivity contribution in [1.29, 1.82) is 0 Å². The zero-order chi connectivity index (χ0) is 18.2. The first-order valence-corrected chi connectivity index (χ1v) is 9.92. The first-order valence-electron chi connectivity index (χ1n) is 9.04. The lowest BCUT2D eigenvalue weighted by molar-refractivity contribution is -0.123. The molecule has 0 radical (unpaired) electrons. The molecule has 1 N–H and O–H groups in total. The van der Waals surface area contributed by atoms with Crippen molar-refractivity contribution in [3.63, 3.8) is 0 Å². The third-order valence-corrected chi connectivity index (χ3v) is 5.75. The molecule has 0 unspecified atom stereocenters. The second-order valence-corrected chi connectivity index (χ2v) is 7.42. The number of nitrogens with zero attached hydrogens (tertiary/aromatic N) is 1. The molecule has 3 rings (SSSR count). The fourth-order valence-corrected chi connectivity index (χ4v) is 4.09. The minimum absolute atomic E-state index is 0.0345. The average molecular weight is 375 g/mol. The Morgan fingerprint density at radius 3 is 2.58 bits per heavy atom. The van der Waals surface area contributed by atoms with Crippen molar-refractivity contribution in [3.05, 3.63) is 46.7 Å². The van der Waals surface area contributed by atoms with Gasteiger partial charge in [0.1, 0.15) is 11.5 Å². The highest BCUT2D eigenvalue weighted by Gasteiger charge is 2.20. The molecule has 0 spiro atoms. The molecule has 0 bridgehead atoms. The number of methoxy groups -OCH3 is 1. The molecule has 1 aliphatic rings. The van der Waals surface area contributed by atoms with Gasteiger partial charge in [0.15, 0.2) is 6.61 Å². The summed E-state index contributed by atoms with van der Waals surface area (Å²) in [6, 6.07) is 11.6. The topological polar surface area (TPSA) is 50.8 Å². The molecule has 140 valence electrons. The van der Waals surface area contributed by atoms with E-state index in [0.717, 1.165) is 25.4 Å². The molecule has 1 aromatic heterocycles. The molecule has 1 amide bonds. The van der Waals surface area contributed by atoms with Crippen LogP contribution in [0.2, 0.25) is 0 Å². The maximum absolute atomic E-state index is 11.9. The van der Waals surface area contributed by atoms with Crippen molar-refractivity contribution in [1.82, 2.24) is 10.2 Å². The molecule has 0 atom stereocenters. The van der Waals surface area contributed by atoms with Crippen molar-refractivity contribution in [2.75, 3.05) is 39.9 Å². The third-order valence-electron chi connectivity index (χ3n) is 4.71. The number of carbonyl (C=O) groups is 1. The third kappa shape index (κ3) is 5.47. The van der Waals surface area contributed by atoms with E-state index in [1.807, 2.05) is 23.5 Å². The van der Waals surface area contributed by atoms with E-state index in [0.29, 0.717) is 18.2 Å². The molecule has 1 saturated heterocycles. The van der Waals surface area contributed by atoms with Crippen molar-refractivity contribution >= 4 is 17.2 Å². The minimum atomic E-state index is -0.0886. The molecule has 0 aliphatic carbocycles. The second-order valence-electron chi connectivity index (χ2n) is 6.45. The summed E-state index contributed by atoms with van der Waals surface area (Å²) in [5.41, 5.74) is 0. The van der Waals surface area contributed by atoms with E-state index in [1.165, 1.54) is 17.7 Å². The average Bonchev–Trinajstić information content (AvgIpc) is 3.22. The van der Waals surface area contributed by atoms with Crippen LogP contribution < -0.4 is 14.8 Å². The number of carbonyl (C=O) groups excluding carboxylic acids is 1. The minimum Gasteiger partial charge on any atom is -0.497 e. The number of benzene rings is 1. The summed E-state index contributed by atoms with van der Waals surface area (Å²) < 4.78 is 10.6. The highest BCUT2D eigenvalue weighted by molar-refractivity contribution is 7.10. The smallest absolute Gasteiger partial charge is 0.257 e. The lowest BCUT2D eigenvalue weighted by atomic mass is 9.95. The number of ether oxygens (including phenoxy) is 2. The Morgan fingerprint density at radius 1 is 1.19 bits per heavy atom. The Hall–Kier alpha value is -2.05. The normalized spacial score (nSPS) is 15.6. The Balaban J connectivity index is 1.29. The van der Waals surface area contributed by atoms with Gasteiger partial charge in [-0.3, -0.25) is 4.79 Å². The molecular formula is C20H26N2O3S. The van der Waals surface area contributed by atoms with Crippen molar-refractivity contribution in [2.45, 2.75) is 18.8 Å². The highest BCUT2D eigenvalue weighted by atomic mass is 32.1. The summed E-state index contributed by atoms with van der Waals surface area (Å²) in [4.78, 5) is 15.8. The van der Waals surface area contributed by atoms with E-state index < -0.39 is 0 Å². The van der Waals surface area contributed by atoms with Crippen LogP contribution in [0.4, 0.5) is 0 Å². The SMILES string of the molecule is COc1ccc(OCC(=O)NCCN2CCC(c3cccs3)CC2)cc1. The van der Waals surface area contributed by atoms with Crippen LogP contribution in [0.5, 0.6) is 11.5 Å². The van der Waals surface area contributed by atoms with E-state index in [9.17, 15) is 4.79 Å². The highest BCUT2D eigenvalue weighted by Crippen LogP contribution is 2.30. The predicted molar refractivity (Wildman–Crippen MR) is 104 cm³/mol. The lowest BCUT2D eigenvalue weighted by Crippen LogP contribution is -2.40. The van der Waals surface area contributed by atoms with Gasteiger partial charge < -0.3 is 19.7 Å². The van der Waals surface area contributed by atoms with E-state index in [2.05, 4.69) is 27.7 Å². The van der Waals surface area contributed by atoms with Gasteiger partial charge >= 0.3 is 0 Å². The molecule has 2 aromatic rings. The molecule has 26 heavy (non-hydrogen) atoms. The van der Waals surface area contributed by atoms with Crippen molar-refractivity contribution < 1.29 is 14.3 Å². The van der Waals surface area contributed by atoms with E-state index in [-0.39, 0.29) is 12.5 Å². The fourth-order valence-electron chi connectivity index (χ4n) is 3.19. The zero-order valence-electron chi connectivity index (χ0n) is 15.1. The van der Waals surface area contributed by atoms with Crippen LogP contribution in [0, 0.1) is 0 Å². The second kappa shape index (κ2) is 9.59. The van der Waals surface area contributed by atoms with Crippen molar-refractivity contribution in [3.8, 4) is 11.5 Å². The fraction of sp³-hybridized carbons (Fsp3) is 0.450. The number of nitrogens with one attached hydrogen (secondary N) is 1. The van der Waals surface area contributed by atoms with Gasteiger partial charge in [0, 0.05) is 18.0 Å². The molecule has 6 heteroatoms. The molecule has 1 aromatic carbocycles. The van der Waals surface area contributed by atoms with Gasteiger partial charge in [-0.2, -0.15) is 0 Å². The van der Waals surface area contributed by atoms with E-state index in [1.54, 1.807) is 19.2 Å². The number of likely N-dealkylation sites (tertiary alicyclic amines) is 1. The number of piperidine rings is 1. The number of hydrogen-bond acceptors (Lipinski definition) is 5. The van der Waals surface area contributed by atoms with Crippen LogP contribution in [-0.4, -0.2) is 50.7 Å². The summed E-state index contributed by atoms with van der Waals surface area (Å²) in [5, 5.41) is 5.09. The van der Waals surface area contributed by atoms with Crippen LogP contribution in [0.15, 0.2) is 41.8 Å². The van der Waals surface area contributed by atoms with Gasteiger partial charge in [0.25, 0.3) is 5.91 Å². The number of hydrogen-bond donors (Lipinski definition) is 1. The molecule has 1 fully saturated rings. The molecule has 0 saturated carbocycles. The summed E-state index contributed by atoms with van der Waals surface area (Å²) in [5.74, 6) is 2.05. The maximum atomic E-state index is 11.9. The van der Waals surface area contributed by atoms with Gasteiger partial charge in [0.2, 0.25) is 0 Å². The van der Waals surface area contributed by atoms with Crippen LogP contribution >= 0.6 is 11.3 Å². The summed E-state index contributed by atoms with van der Waals surface area (Å²) in [6.45, 7) is 3.79. The quantitative estimate of drug-likeness (QED) is 0.771. The Labute approximate surface area is 158 Å². The van der Waals surface area contributed by atoms with Gasteiger partial charge in [-0.15, -0.1) is 11.3 Å². The van der Waals surface area contributed by atoms with E-state index >= 15 is 0 Å². The van der Waals surface area contributed by atoms with Gasteiger partial charge in [-0.1, -0.05) is 6.07 Å². The number of amides is 1. The number of rotatable bonds is 8. The Morgan fingerprint density at radius 2 is 1.92 bits per heavy atom. The van der Waals surface area contributed by atoms with Crippen LogP contribution in [0.1, 0.15) is 23.6 Å². The van der Waals surface area contributed by atoms with Gasteiger partial charge in [-0.05, 0) is 67.6 Å². The van der Waals surface area contributed by atoms with E-state index in [4.69, 9.17) is 9.47 Å². The lowest BCUT2D eigenvalue weighted by Gasteiger charge is -2.31. The molecule has 5 nitrogen and oxygen atoms in total. The predicted octanol–water partition coefficient (Wildman–Crippen LogP) is 3.13. The Bertz CT molecular complexity index is 665. The van der Waals surface area contributed by atoms with Crippen LogP contribution in [-0.2, 0) is 4.79 Å². The van der Waals surface area contributed by atoms with Gasteiger partial charge in [0.05, 0.1) is 7.11 Å². The molecule has 2 heterocycles. The van der Waals surface area contributed by atoms with Gasteiger partial charge in [-0.25, -0.2) is 0 Å². The molecular weight excluding hydrogens is 348 g/mol. The maximum Gasteiger partial charge on any atom is 0.257 e.